The van der Waals surface area contributed by atoms with Crippen LogP contribution in [0.5, 0.6) is 11.5 Å². The van der Waals surface area contributed by atoms with E-state index in [0.717, 1.165) is 31.5 Å². The molecule has 0 aliphatic carbocycles. The molecule has 54 heavy (non-hydrogen) atoms. The quantitative estimate of drug-likeness (QED) is 0.0720. The summed E-state index contributed by atoms with van der Waals surface area (Å²) in [5.41, 5.74) is 2.52. The van der Waals surface area contributed by atoms with E-state index >= 15 is 4.39 Å². The molecule has 1 N–H and O–H groups in total. The van der Waals surface area contributed by atoms with Crippen molar-refractivity contribution in [3.63, 3.8) is 0 Å². The average molecular weight is 785 g/mol. The van der Waals surface area contributed by atoms with Crippen LogP contribution < -0.4 is 19.1 Å². The molecule has 1 unspecified atom stereocenters. The molecule has 2 bridgehead atoms. The van der Waals surface area contributed by atoms with Gasteiger partial charge in [0.25, 0.3) is 6.47 Å². The molecule has 3 aliphatic heterocycles. The molecule has 0 radical (unpaired) electrons. The zero-order valence-corrected chi connectivity index (χ0v) is 31.4. The Morgan fingerprint density at radius 2 is 1.70 bits per heavy atom. The lowest BCUT2D eigenvalue weighted by molar-refractivity contribution is -0.605. The summed E-state index contributed by atoms with van der Waals surface area (Å²) >= 11 is 12.8. The molecule has 0 saturated carbocycles. The van der Waals surface area contributed by atoms with Crippen LogP contribution in [0.2, 0.25) is 10.0 Å². The number of benzene rings is 3. The molecule has 1 amide bonds. The summed E-state index contributed by atoms with van der Waals surface area (Å²) in [6.45, 7) is 4.12. The maximum atomic E-state index is 15.2. The van der Waals surface area contributed by atoms with Crippen LogP contribution in [0, 0.1) is 23.9 Å². The molecule has 3 saturated heterocycles. The van der Waals surface area contributed by atoms with Gasteiger partial charge in [-0.05, 0) is 91.9 Å². The first-order chi connectivity index (χ1) is 25.9. The van der Waals surface area contributed by atoms with Gasteiger partial charge in [0.05, 0.1) is 32.0 Å². The number of amides is 1. The first-order valence-electron chi connectivity index (χ1n) is 17.1. The highest BCUT2D eigenvalue weighted by molar-refractivity contribution is 6.35. The Bertz CT molecular complexity index is 1950. The fourth-order valence-electron chi connectivity index (χ4n) is 6.80. The topological polar surface area (TPSA) is 142 Å². The number of hydrogen-bond donors (Lipinski definition) is 1. The number of halogens is 3. The van der Waals surface area contributed by atoms with Crippen molar-refractivity contribution in [2.75, 3.05) is 38.8 Å². The summed E-state index contributed by atoms with van der Waals surface area (Å²) in [6.07, 6.45) is 2.41. The first-order valence-corrected chi connectivity index (χ1v) is 17.8. The second kappa shape index (κ2) is 18.3. The van der Waals surface area contributed by atoms with Crippen molar-refractivity contribution in [2.24, 2.45) is 5.92 Å². The maximum absolute atomic E-state index is 15.2. The fraction of sp³-hybridized carbons (Fsp3) is 0.333. The van der Waals surface area contributed by atoms with Crippen molar-refractivity contribution in [1.29, 1.82) is 0 Å². The minimum atomic E-state index is -0.926. The largest absolute Gasteiger partial charge is 0.619 e. The van der Waals surface area contributed by atoms with E-state index in [1.165, 1.54) is 43.6 Å². The number of aryl methyl sites for hydroxylation is 1. The number of carbonyl (C=O) groups is 3. The Hall–Kier alpha value is -5.11. The van der Waals surface area contributed by atoms with Gasteiger partial charge in [0.2, 0.25) is 0 Å². The number of carbonyl (C=O) groups excluding carboxylic acids is 2. The van der Waals surface area contributed by atoms with Crippen molar-refractivity contribution in [2.45, 2.75) is 44.9 Å². The Morgan fingerprint density at radius 1 is 1.04 bits per heavy atom. The third kappa shape index (κ3) is 9.70. The summed E-state index contributed by atoms with van der Waals surface area (Å²) in [5.74, 6) is -0.0930. The molecular formula is C39H40Cl2FN3O9. The summed E-state index contributed by atoms with van der Waals surface area (Å²) in [6, 6.07) is 16.2. The van der Waals surface area contributed by atoms with Crippen LogP contribution in [0.25, 0.3) is 0 Å². The van der Waals surface area contributed by atoms with Crippen LogP contribution in [0.4, 0.5) is 14.9 Å². The Labute approximate surface area is 322 Å². The second-order valence-corrected chi connectivity index (χ2v) is 13.7. The van der Waals surface area contributed by atoms with E-state index in [0.29, 0.717) is 39.5 Å². The molecule has 3 fully saturated rings. The van der Waals surface area contributed by atoms with Crippen molar-refractivity contribution in [1.82, 2.24) is 4.90 Å². The molecule has 15 heteroatoms. The van der Waals surface area contributed by atoms with E-state index in [4.69, 9.17) is 52.1 Å². The van der Waals surface area contributed by atoms with Crippen LogP contribution in [-0.4, -0.2) is 68.5 Å². The normalized spacial score (nSPS) is 17.7. The number of carboxylic acid groups (broad SMARTS) is 1. The lowest BCUT2D eigenvalue weighted by Crippen LogP contribution is -2.53. The van der Waals surface area contributed by atoms with Gasteiger partial charge < -0.3 is 29.3 Å². The molecule has 3 aliphatic rings. The number of para-hydroxylation sites is 1. The molecule has 0 spiro atoms. The van der Waals surface area contributed by atoms with Gasteiger partial charge in [-0.15, -0.1) is 0 Å². The number of fused-ring (bicyclic) bond motifs is 3. The van der Waals surface area contributed by atoms with Crippen LogP contribution in [-0.2, 0) is 27.2 Å². The van der Waals surface area contributed by atoms with Gasteiger partial charge in [0.1, 0.15) is 28.1 Å². The third-order valence-corrected chi connectivity index (χ3v) is 10.1. The zero-order valence-electron chi connectivity index (χ0n) is 29.9. The number of aromatic nitrogens is 1. The Kier molecular flexibility index (Phi) is 13.6. The van der Waals surface area contributed by atoms with E-state index in [-0.39, 0.29) is 52.8 Å². The maximum Gasteiger partial charge on any atom is 0.415 e. The minimum absolute atomic E-state index is 0.0326. The van der Waals surface area contributed by atoms with Crippen LogP contribution in [0.3, 0.4) is 0 Å². The lowest BCUT2D eigenvalue weighted by Gasteiger charge is -2.44. The van der Waals surface area contributed by atoms with E-state index in [9.17, 15) is 14.8 Å². The van der Waals surface area contributed by atoms with Gasteiger partial charge in [0, 0.05) is 18.5 Å². The summed E-state index contributed by atoms with van der Waals surface area (Å²) < 4.78 is 38.7. The average Bonchev–Trinajstić information content (AvgIpc) is 3.15. The molecule has 4 heterocycles. The second-order valence-electron chi connectivity index (χ2n) is 12.9. The molecule has 3 aromatic carbocycles. The highest BCUT2D eigenvalue weighted by atomic mass is 35.5. The van der Waals surface area contributed by atoms with Gasteiger partial charge in [-0.1, -0.05) is 47.5 Å². The summed E-state index contributed by atoms with van der Waals surface area (Å²) in [4.78, 5) is 39.6. The monoisotopic (exact) mass is 783 g/mol. The van der Waals surface area contributed by atoms with Crippen molar-refractivity contribution in [3.05, 3.63) is 122 Å². The highest BCUT2D eigenvalue weighted by Crippen LogP contribution is 2.36. The first kappa shape index (κ1) is 40.1. The predicted molar refractivity (Wildman–Crippen MR) is 199 cm³/mol. The van der Waals surface area contributed by atoms with Crippen LogP contribution in [0.15, 0.2) is 73.1 Å². The number of hydrogen-bond acceptors (Lipinski definition) is 9. The SMILES string of the molecule is COc1ccc(C(Cc2c(Cl)c[n+]([O-])cc2Cl)OC(=O)c2cc(C)cc(CN(C(=O)O[C@H]3CN4CCC3CC4)c3ccccc3F)c2)cc1OC.O=CO. The summed E-state index contributed by atoms with van der Waals surface area (Å²) in [7, 11) is 3.00. The molecule has 1 aromatic heterocycles. The number of piperidine rings is 3. The number of ether oxygens (including phenoxy) is 4. The summed E-state index contributed by atoms with van der Waals surface area (Å²) in [5, 5.41) is 19.0. The number of nitrogens with zero attached hydrogens (tertiary/aromatic N) is 3. The number of esters is 1. The van der Waals surface area contributed by atoms with Gasteiger partial charge in [-0.2, -0.15) is 4.73 Å². The standard InChI is InChI=1S/C38H38Cl2FN3O7.CH2O2/c1-23-14-24(19-44(32-7-5-4-6-31(32)41)38(46)51-36-22-42-12-10-25(36)11-13-42)16-27(15-23)37(45)50-34(18-28-29(39)20-43(47)21-30(28)40)26-8-9-33(48-2)35(17-26)49-3;2-1-3/h4-9,14-17,20-21,25,34,36H,10-13,18-19,22H2,1-3H3;1H,(H,2,3)/t34?,36-;/m0./s1. The number of methoxy groups -OCH3 is 2. The zero-order chi connectivity index (χ0) is 38.9. The highest BCUT2D eigenvalue weighted by Gasteiger charge is 2.38. The van der Waals surface area contributed by atoms with Crippen LogP contribution in [0.1, 0.15) is 51.6 Å². The van der Waals surface area contributed by atoms with Gasteiger partial charge >= 0.3 is 12.1 Å². The number of anilines is 1. The van der Waals surface area contributed by atoms with Gasteiger partial charge in [0.15, 0.2) is 23.9 Å². The van der Waals surface area contributed by atoms with Crippen molar-refractivity contribution >= 4 is 47.4 Å². The van der Waals surface area contributed by atoms with E-state index in [1.54, 1.807) is 42.5 Å². The van der Waals surface area contributed by atoms with Gasteiger partial charge in [-0.25, -0.2) is 14.0 Å². The van der Waals surface area contributed by atoms with Crippen molar-refractivity contribution < 1.29 is 47.6 Å². The van der Waals surface area contributed by atoms with E-state index < -0.39 is 24.0 Å². The van der Waals surface area contributed by atoms with Gasteiger partial charge in [-0.3, -0.25) is 14.6 Å². The Balaban J connectivity index is 0.00000181. The van der Waals surface area contributed by atoms with Crippen LogP contribution >= 0.6 is 23.2 Å². The third-order valence-electron chi connectivity index (χ3n) is 9.40. The van der Waals surface area contributed by atoms with E-state index in [2.05, 4.69) is 4.90 Å². The Morgan fingerprint density at radius 3 is 2.31 bits per heavy atom. The number of pyridine rings is 1. The fourth-order valence-corrected chi connectivity index (χ4v) is 7.40. The molecular weight excluding hydrogens is 744 g/mol. The minimum Gasteiger partial charge on any atom is -0.619 e. The molecule has 286 valence electrons. The van der Waals surface area contributed by atoms with Crippen molar-refractivity contribution in [3.8, 4) is 11.5 Å². The van der Waals surface area contributed by atoms with E-state index in [1.807, 2.05) is 13.0 Å². The number of rotatable bonds is 11. The lowest BCUT2D eigenvalue weighted by atomic mass is 9.86. The smallest absolute Gasteiger partial charge is 0.415 e. The molecule has 4 aromatic rings. The molecule has 7 rings (SSSR count). The molecule has 2 atom stereocenters. The predicted octanol–water partition coefficient (Wildman–Crippen LogP) is 7.17. The molecule has 12 nitrogen and oxygen atoms in total.